The average Bonchev–Trinajstić information content (AvgIpc) is 2.88. The molecule has 9 nitrogen and oxygen atoms in total. The van der Waals surface area contributed by atoms with Crippen molar-refractivity contribution in [1.29, 1.82) is 0 Å². The van der Waals surface area contributed by atoms with Crippen LogP contribution in [0.1, 0.15) is 111 Å². The van der Waals surface area contributed by atoms with Crippen LogP contribution in [0.2, 0.25) is 0 Å². The Hall–Kier alpha value is -3.88. The Morgan fingerprint density at radius 3 is 2.46 bits per heavy atom. The second-order valence-corrected chi connectivity index (χ2v) is 12.2. The number of nitrogens with one attached hydrogen (secondary N) is 2. The maximum atomic E-state index is 13.2. The van der Waals surface area contributed by atoms with Crippen molar-refractivity contribution in [2.45, 2.75) is 90.6 Å². The van der Waals surface area contributed by atoms with Crippen molar-refractivity contribution in [2.75, 3.05) is 18.5 Å². The van der Waals surface area contributed by atoms with E-state index in [1.807, 2.05) is 12.1 Å². The van der Waals surface area contributed by atoms with Gasteiger partial charge in [-0.2, -0.15) is 0 Å². The van der Waals surface area contributed by atoms with Crippen molar-refractivity contribution >= 4 is 29.4 Å². The second-order valence-electron chi connectivity index (χ2n) is 12.2. The lowest BCUT2D eigenvalue weighted by atomic mass is 9.69. The van der Waals surface area contributed by atoms with Gasteiger partial charge in [-0.25, -0.2) is 4.79 Å². The second kappa shape index (κ2) is 13.2. The number of anilines is 1. The Labute approximate surface area is 242 Å². The van der Waals surface area contributed by atoms with Crippen LogP contribution in [0.25, 0.3) is 0 Å². The molecule has 0 aromatic heterocycles. The minimum absolute atomic E-state index is 0.00999. The lowest BCUT2D eigenvalue weighted by Crippen LogP contribution is -2.26. The Morgan fingerprint density at radius 1 is 1.05 bits per heavy atom. The molecule has 222 valence electrons. The summed E-state index contributed by atoms with van der Waals surface area (Å²) >= 11 is 0. The number of esters is 1. The smallest absolute Gasteiger partial charge is 0.342 e. The molecule has 2 aromatic carbocycles. The van der Waals surface area contributed by atoms with Crippen molar-refractivity contribution in [2.24, 2.45) is 0 Å². The predicted octanol–water partition coefficient (Wildman–Crippen LogP) is 5.82. The van der Waals surface area contributed by atoms with Gasteiger partial charge >= 0.3 is 11.9 Å². The molecular weight excluding hydrogens is 524 g/mol. The molecule has 1 unspecified atom stereocenters. The van der Waals surface area contributed by atoms with Gasteiger partial charge in [0.05, 0.1) is 13.0 Å². The van der Waals surface area contributed by atoms with Crippen LogP contribution in [0.3, 0.4) is 0 Å². The highest BCUT2D eigenvalue weighted by molar-refractivity contribution is 6.05. The summed E-state index contributed by atoms with van der Waals surface area (Å²) in [4.78, 5) is 48.5. The molecule has 0 bridgehead atoms. The number of carboxylic acids is 1. The maximum absolute atomic E-state index is 13.2. The summed E-state index contributed by atoms with van der Waals surface area (Å²) in [5.41, 5.74) is 3.00. The number of ether oxygens (including phenoxy) is 2. The molecule has 1 aliphatic rings. The molecule has 0 heterocycles. The summed E-state index contributed by atoms with van der Waals surface area (Å²) < 4.78 is 11.4. The van der Waals surface area contributed by atoms with Crippen LogP contribution in [0.4, 0.5) is 5.69 Å². The van der Waals surface area contributed by atoms with Crippen LogP contribution < -0.4 is 15.4 Å². The Kier molecular flexibility index (Phi) is 10.2. The van der Waals surface area contributed by atoms with E-state index < -0.39 is 17.5 Å². The fraction of sp³-hybridized carbons (Fsp3) is 0.500. The molecule has 41 heavy (non-hydrogen) atoms. The van der Waals surface area contributed by atoms with E-state index in [4.69, 9.17) is 14.6 Å². The lowest BCUT2D eigenvalue weighted by Gasteiger charge is -2.36. The minimum atomic E-state index is -1.03. The van der Waals surface area contributed by atoms with E-state index in [1.165, 1.54) is 11.1 Å². The lowest BCUT2D eigenvalue weighted by molar-refractivity contribution is -0.138. The van der Waals surface area contributed by atoms with E-state index in [0.29, 0.717) is 23.6 Å². The minimum Gasteiger partial charge on any atom is -0.493 e. The number of fused-ring (bicyclic) bond motifs is 1. The first-order valence-electron chi connectivity index (χ1n) is 14.1. The normalized spacial score (nSPS) is 15.8. The highest BCUT2D eigenvalue weighted by atomic mass is 16.6. The van der Waals surface area contributed by atoms with Gasteiger partial charge in [0.15, 0.2) is 0 Å². The van der Waals surface area contributed by atoms with E-state index in [0.717, 1.165) is 12.8 Å². The molecule has 0 aliphatic heterocycles. The van der Waals surface area contributed by atoms with Gasteiger partial charge in [0.1, 0.15) is 16.9 Å². The van der Waals surface area contributed by atoms with Crippen molar-refractivity contribution < 1.29 is 33.8 Å². The molecule has 3 rings (SSSR count). The predicted molar refractivity (Wildman–Crippen MR) is 157 cm³/mol. The van der Waals surface area contributed by atoms with Crippen LogP contribution in [0.5, 0.6) is 5.75 Å². The molecule has 0 radical (unpaired) electrons. The molecule has 2 amide bonds. The van der Waals surface area contributed by atoms with Gasteiger partial charge < -0.3 is 25.2 Å². The van der Waals surface area contributed by atoms with Gasteiger partial charge in [0, 0.05) is 30.3 Å². The maximum Gasteiger partial charge on any atom is 0.342 e. The standard InChI is InChI=1S/C32H42N2O7/c1-20-14-15-32(5,6)25-18-21(8-10-23(20)25)29(38)34-22-9-11-24(30(39)41-31(2,3)4)26(19-22)40-17-7-16-33-27(35)12-13-28(36)37/h8-11,18-20H,7,12-17H2,1-6H3,(H,33,35)(H,34,38)(H,36,37). The molecule has 0 saturated heterocycles. The highest BCUT2D eigenvalue weighted by Crippen LogP contribution is 2.42. The van der Waals surface area contributed by atoms with Gasteiger partial charge in [-0.05, 0) is 86.8 Å². The number of hydrogen-bond donors (Lipinski definition) is 3. The van der Waals surface area contributed by atoms with E-state index in [-0.39, 0.29) is 54.5 Å². The van der Waals surface area contributed by atoms with E-state index in [1.54, 1.807) is 39.0 Å². The molecular formula is C32H42N2O7. The molecule has 0 fully saturated rings. The zero-order valence-corrected chi connectivity index (χ0v) is 24.9. The molecule has 2 aromatic rings. The summed E-state index contributed by atoms with van der Waals surface area (Å²) in [5, 5.41) is 14.3. The quantitative estimate of drug-likeness (QED) is 0.231. The van der Waals surface area contributed by atoms with E-state index in [9.17, 15) is 19.2 Å². The number of amides is 2. The van der Waals surface area contributed by atoms with Gasteiger partial charge in [-0.15, -0.1) is 0 Å². The average molecular weight is 567 g/mol. The summed E-state index contributed by atoms with van der Waals surface area (Å²) in [5.74, 6) is -1.51. The first kappa shape index (κ1) is 31.6. The molecule has 0 saturated carbocycles. The topological polar surface area (TPSA) is 131 Å². The first-order valence-corrected chi connectivity index (χ1v) is 14.1. The van der Waals surface area contributed by atoms with E-state index in [2.05, 4.69) is 37.5 Å². The largest absolute Gasteiger partial charge is 0.493 e. The number of benzene rings is 2. The van der Waals surface area contributed by atoms with Gasteiger partial charge in [0.25, 0.3) is 5.91 Å². The van der Waals surface area contributed by atoms with Gasteiger partial charge in [-0.1, -0.05) is 26.8 Å². The fourth-order valence-corrected chi connectivity index (χ4v) is 4.80. The number of aliphatic carboxylic acids is 1. The number of rotatable bonds is 11. The summed E-state index contributed by atoms with van der Waals surface area (Å²) in [6.07, 6.45) is 2.27. The Morgan fingerprint density at radius 2 is 1.78 bits per heavy atom. The number of carboxylic acid groups (broad SMARTS) is 1. The number of carbonyl (C=O) groups is 4. The third kappa shape index (κ3) is 9.06. The zero-order chi connectivity index (χ0) is 30.4. The monoisotopic (exact) mass is 566 g/mol. The first-order chi connectivity index (χ1) is 19.2. The van der Waals surface area contributed by atoms with Crippen LogP contribution in [0, 0.1) is 0 Å². The molecule has 3 N–H and O–H groups in total. The number of carbonyl (C=O) groups excluding carboxylic acids is 3. The summed E-state index contributed by atoms with van der Waals surface area (Å²) in [7, 11) is 0. The van der Waals surface area contributed by atoms with Crippen LogP contribution in [-0.2, 0) is 19.7 Å². The molecule has 1 atom stereocenters. The third-order valence-corrected chi connectivity index (χ3v) is 7.10. The Balaban J connectivity index is 1.73. The van der Waals surface area contributed by atoms with Crippen LogP contribution >= 0.6 is 0 Å². The van der Waals surface area contributed by atoms with Crippen molar-refractivity contribution in [1.82, 2.24) is 5.32 Å². The van der Waals surface area contributed by atoms with Crippen molar-refractivity contribution in [3.05, 3.63) is 58.7 Å². The molecule has 0 spiro atoms. The molecule has 9 heteroatoms. The van der Waals surface area contributed by atoms with Crippen molar-refractivity contribution in [3.63, 3.8) is 0 Å². The van der Waals surface area contributed by atoms with E-state index >= 15 is 0 Å². The third-order valence-electron chi connectivity index (χ3n) is 7.10. The van der Waals surface area contributed by atoms with Crippen molar-refractivity contribution in [3.8, 4) is 5.75 Å². The fourth-order valence-electron chi connectivity index (χ4n) is 4.80. The van der Waals surface area contributed by atoms with Crippen LogP contribution in [0.15, 0.2) is 36.4 Å². The number of hydrogen-bond acceptors (Lipinski definition) is 6. The van der Waals surface area contributed by atoms with Gasteiger partial charge in [-0.3, -0.25) is 14.4 Å². The highest BCUT2D eigenvalue weighted by Gasteiger charge is 2.31. The SMILES string of the molecule is CC1CCC(C)(C)c2cc(C(=O)Nc3ccc(C(=O)OC(C)(C)C)c(OCCCNC(=O)CCC(=O)O)c3)ccc21. The van der Waals surface area contributed by atoms with Gasteiger partial charge in [0.2, 0.25) is 5.91 Å². The van der Waals surface area contributed by atoms with Crippen LogP contribution in [-0.4, -0.2) is 47.6 Å². The molecule has 1 aliphatic carbocycles. The summed E-state index contributed by atoms with van der Waals surface area (Å²) in [6, 6.07) is 10.7. The summed E-state index contributed by atoms with van der Waals surface area (Å²) in [6.45, 7) is 12.4. The zero-order valence-electron chi connectivity index (χ0n) is 24.9. The Bertz CT molecular complexity index is 1290.